The van der Waals surface area contributed by atoms with Crippen molar-refractivity contribution in [2.75, 3.05) is 45.5 Å². The maximum atomic E-state index is 12.2. The fourth-order valence-corrected chi connectivity index (χ4v) is 4.03. The minimum Gasteiger partial charge on any atom is -0.480 e. The Morgan fingerprint density at radius 2 is 1.81 bits per heavy atom. The maximum absolute atomic E-state index is 12.2. The fourth-order valence-electron chi connectivity index (χ4n) is 3.12. The van der Waals surface area contributed by atoms with Crippen molar-refractivity contribution in [2.24, 2.45) is 0 Å². The number of carbonyl (C=O) groups excluding carboxylic acids is 1. The lowest BCUT2D eigenvalue weighted by Gasteiger charge is -2.35. The van der Waals surface area contributed by atoms with Crippen LogP contribution in [0.25, 0.3) is 0 Å². The predicted molar refractivity (Wildman–Crippen MR) is 83.8 cm³/mol. The molecule has 21 heavy (non-hydrogen) atoms. The molecular formula is C14H25N3O3S. The van der Waals surface area contributed by atoms with E-state index in [1.54, 1.807) is 4.90 Å². The average molecular weight is 315 g/mol. The Labute approximate surface area is 130 Å². The molecule has 1 saturated heterocycles. The van der Waals surface area contributed by atoms with Gasteiger partial charge in [0.1, 0.15) is 0 Å². The molecule has 6 nitrogen and oxygen atoms in total. The summed E-state index contributed by atoms with van der Waals surface area (Å²) in [4.78, 5) is 26.5. The smallest absolute Gasteiger partial charge is 0.317 e. The highest BCUT2D eigenvalue weighted by Crippen LogP contribution is 2.39. The molecule has 0 aromatic carbocycles. The standard InChI is InChI=1S/C14H25N3O3S/c1-21-14(4-2-3-5-14)11-15-13(20)17-8-6-16(7-9-17)10-12(18)19/h2-11H2,1H3,(H,15,20)(H,18,19). The number of hydrogen-bond donors (Lipinski definition) is 2. The Morgan fingerprint density at radius 1 is 1.19 bits per heavy atom. The van der Waals surface area contributed by atoms with Gasteiger partial charge in [-0.15, -0.1) is 0 Å². The summed E-state index contributed by atoms with van der Waals surface area (Å²) < 4.78 is 0.223. The van der Waals surface area contributed by atoms with Crippen LogP contribution >= 0.6 is 11.8 Å². The zero-order valence-corrected chi connectivity index (χ0v) is 13.5. The third kappa shape index (κ3) is 4.51. The molecule has 7 heteroatoms. The lowest BCUT2D eigenvalue weighted by Crippen LogP contribution is -2.54. The molecule has 1 saturated carbocycles. The van der Waals surface area contributed by atoms with Crippen molar-refractivity contribution in [3.05, 3.63) is 0 Å². The SMILES string of the molecule is CSC1(CNC(=O)N2CCN(CC(=O)O)CC2)CCCC1. The van der Waals surface area contributed by atoms with Gasteiger partial charge in [0.05, 0.1) is 6.54 Å². The average Bonchev–Trinajstić information content (AvgIpc) is 2.94. The van der Waals surface area contributed by atoms with Crippen molar-refractivity contribution in [2.45, 2.75) is 30.4 Å². The van der Waals surface area contributed by atoms with Gasteiger partial charge in [0, 0.05) is 37.5 Å². The van der Waals surface area contributed by atoms with Crippen molar-refractivity contribution >= 4 is 23.8 Å². The van der Waals surface area contributed by atoms with Crippen LogP contribution in [0.4, 0.5) is 4.79 Å². The second-order valence-electron chi connectivity index (χ2n) is 5.91. The number of nitrogens with one attached hydrogen (secondary N) is 1. The first-order valence-electron chi connectivity index (χ1n) is 7.57. The first kappa shape index (κ1) is 16.4. The van der Waals surface area contributed by atoms with Gasteiger partial charge in [0.2, 0.25) is 0 Å². The number of carboxylic acid groups (broad SMARTS) is 1. The minimum atomic E-state index is -0.809. The van der Waals surface area contributed by atoms with Crippen LogP contribution in [-0.4, -0.2) is 77.2 Å². The van der Waals surface area contributed by atoms with Crippen LogP contribution in [0.1, 0.15) is 25.7 Å². The molecule has 0 radical (unpaired) electrons. The number of thioether (sulfide) groups is 1. The van der Waals surface area contributed by atoms with E-state index in [1.807, 2.05) is 16.7 Å². The van der Waals surface area contributed by atoms with E-state index < -0.39 is 5.97 Å². The summed E-state index contributed by atoms with van der Waals surface area (Å²) in [6.07, 6.45) is 7.00. The molecule has 120 valence electrons. The van der Waals surface area contributed by atoms with Gasteiger partial charge in [-0.25, -0.2) is 4.79 Å². The molecule has 1 aliphatic heterocycles. The molecule has 0 unspecified atom stereocenters. The highest BCUT2D eigenvalue weighted by Gasteiger charge is 2.34. The summed E-state index contributed by atoms with van der Waals surface area (Å²) in [5.41, 5.74) is 0. The van der Waals surface area contributed by atoms with Crippen molar-refractivity contribution < 1.29 is 14.7 Å². The first-order valence-corrected chi connectivity index (χ1v) is 8.79. The summed E-state index contributed by atoms with van der Waals surface area (Å²) in [6, 6.07) is -0.00898. The second-order valence-corrected chi connectivity index (χ2v) is 7.18. The molecule has 0 atom stereocenters. The zero-order valence-electron chi connectivity index (χ0n) is 12.6. The topological polar surface area (TPSA) is 72.9 Å². The monoisotopic (exact) mass is 315 g/mol. The number of nitrogens with zero attached hydrogens (tertiary/aromatic N) is 2. The van der Waals surface area contributed by atoms with E-state index in [9.17, 15) is 9.59 Å². The maximum Gasteiger partial charge on any atom is 0.317 e. The zero-order chi connectivity index (χ0) is 15.3. The summed E-state index contributed by atoms with van der Waals surface area (Å²) >= 11 is 1.87. The van der Waals surface area contributed by atoms with Gasteiger partial charge in [-0.05, 0) is 19.1 Å². The third-order valence-electron chi connectivity index (χ3n) is 4.53. The number of urea groups is 1. The van der Waals surface area contributed by atoms with Crippen LogP contribution in [0.2, 0.25) is 0 Å². The number of hydrogen-bond acceptors (Lipinski definition) is 4. The van der Waals surface area contributed by atoms with Gasteiger partial charge in [-0.1, -0.05) is 12.8 Å². The molecule has 2 amide bonds. The van der Waals surface area contributed by atoms with Crippen LogP contribution in [0.15, 0.2) is 0 Å². The van der Waals surface area contributed by atoms with Gasteiger partial charge in [0.25, 0.3) is 0 Å². The third-order valence-corrected chi connectivity index (χ3v) is 5.95. The fraction of sp³-hybridized carbons (Fsp3) is 0.857. The number of aliphatic carboxylic acids is 1. The Hall–Kier alpha value is -0.950. The Balaban J connectivity index is 1.73. The number of carbonyl (C=O) groups is 2. The van der Waals surface area contributed by atoms with Crippen molar-refractivity contribution in [3.63, 3.8) is 0 Å². The summed E-state index contributed by atoms with van der Waals surface area (Å²) in [5, 5.41) is 11.8. The molecule has 2 aliphatic rings. The number of carboxylic acids is 1. The molecule has 1 heterocycles. The molecule has 1 aliphatic carbocycles. The highest BCUT2D eigenvalue weighted by atomic mass is 32.2. The van der Waals surface area contributed by atoms with Crippen LogP contribution < -0.4 is 5.32 Å². The van der Waals surface area contributed by atoms with Crippen LogP contribution in [-0.2, 0) is 4.79 Å². The van der Waals surface area contributed by atoms with E-state index >= 15 is 0 Å². The van der Waals surface area contributed by atoms with Crippen LogP contribution in [0, 0.1) is 0 Å². The van der Waals surface area contributed by atoms with Gasteiger partial charge >= 0.3 is 12.0 Å². The highest BCUT2D eigenvalue weighted by molar-refractivity contribution is 8.00. The van der Waals surface area contributed by atoms with E-state index in [0.717, 1.165) is 6.54 Å². The van der Waals surface area contributed by atoms with Crippen molar-refractivity contribution in [3.8, 4) is 0 Å². The normalized spacial score (nSPS) is 22.2. The van der Waals surface area contributed by atoms with Crippen LogP contribution in [0.3, 0.4) is 0 Å². The van der Waals surface area contributed by atoms with Gasteiger partial charge in [-0.2, -0.15) is 11.8 Å². The first-order chi connectivity index (χ1) is 10.0. The number of piperazine rings is 1. The summed E-state index contributed by atoms with van der Waals surface area (Å²) in [6.45, 7) is 3.27. The molecule has 0 bridgehead atoms. The lowest BCUT2D eigenvalue weighted by atomic mass is 10.1. The molecule has 0 aromatic heterocycles. The van der Waals surface area contributed by atoms with Crippen molar-refractivity contribution in [1.29, 1.82) is 0 Å². The van der Waals surface area contributed by atoms with Crippen molar-refractivity contribution in [1.82, 2.24) is 15.1 Å². The number of amides is 2. The molecule has 2 N–H and O–H groups in total. The van der Waals surface area contributed by atoms with E-state index in [0.29, 0.717) is 26.2 Å². The largest absolute Gasteiger partial charge is 0.480 e. The molecule has 0 spiro atoms. The molecule has 2 rings (SSSR count). The van der Waals surface area contributed by atoms with Gasteiger partial charge in [0.15, 0.2) is 0 Å². The molecular weight excluding hydrogens is 290 g/mol. The van der Waals surface area contributed by atoms with E-state index in [-0.39, 0.29) is 17.3 Å². The Bertz CT molecular complexity index is 378. The van der Waals surface area contributed by atoms with E-state index in [1.165, 1.54) is 25.7 Å². The Kier molecular flexibility index (Phi) is 5.75. The van der Waals surface area contributed by atoms with Crippen LogP contribution in [0.5, 0.6) is 0 Å². The molecule has 0 aromatic rings. The quantitative estimate of drug-likeness (QED) is 0.794. The summed E-state index contributed by atoms with van der Waals surface area (Å²) in [7, 11) is 0. The summed E-state index contributed by atoms with van der Waals surface area (Å²) in [5.74, 6) is -0.809. The second kappa shape index (κ2) is 7.35. The van der Waals surface area contributed by atoms with Gasteiger partial charge in [-0.3, -0.25) is 9.69 Å². The molecule has 2 fully saturated rings. The Morgan fingerprint density at radius 3 is 2.33 bits per heavy atom. The lowest BCUT2D eigenvalue weighted by molar-refractivity contribution is -0.138. The van der Waals surface area contributed by atoms with Gasteiger partial charge < -0.3 is 15.3 Å². The predicted octanol–water partition coefficient (Wildman–Crippen LogP) is 1.07. The van der Waals surface area contributed by atoms with E-state index in [2.05, 4.69) is 11.6 Å². The van der Waals surface area contributed by atoms with E-state index in [4.69, 9.17) is 5.11 Å². The number of rotatable bonds is 5. The minimum absolute atomic E-state index is 0.00898.